The van der Waals surface area contributed by atoms with E-state index in [0.29, 0.717) is 6.54 Å². The molecule has 110 valence electrons. The van der Waals surface area contributed by atoms with Crippen LogP contribution in [-0.2, 0) is 11.0 Å². The number of carbonyl (C=O) groups excluding carboxylic acids is 1. The summed E-state index contributed by atoms with van der Waals surface area (Å²) in [7, 11) is 1.93. The number of hydroxylamine groups is 1. The Labute approximate surface area is 114 Å². The molecule has 0 aliphatic carbocycles. The highest BCUT2D eigenvalue weighted by molar-refractivity contribution is 5.93. The van der Waals surface area contributed by atoms with Crippen molar-refractivity contribution in [3.05, 3.63) is 35.4 Å². The number of hydrogen-bond acceptors (Lipinski definition) is 3. The first kappa shape index (κ1) is 14.8. The molecule has 0 unspecified atom stereocenters. The zero-order chi connectivity index (χ0) is 14.8. The molecular formula is C13H15F3N2O2. The second-order valence-corrected chi connectivity index (χ2v) is 4.80. The van der Waals surface area contributed by atoms with Crippen molar-refractivity contribution < 1.29 is 22.8 Å². The van der Waals surface area contributed by atoms with Gasteiger partial charge in [0.25, 0.3) is 5.91 Å². The molecule has 0 radical (unpaired) electrons. The third kappa shape index (κ3) is 3.71. The van der Waals surface area contributed by atoms with Crippen LogP contribution in [0.15, 0.2) is 24.3 Å². The minimum Gasteiger partial charge on any atom is -0.304 e. The van der Waals surface area contributed by atoms with E-state index >= 15 is 0 Å². The third-order valence-electron chi connectivity index (χ3n) is 3.12. The van der Waals surface area contributed by atoms with Crippen molar-refractivity contribution in [3.63, 3.8) is 0 Å². The summed E-state index contributed by atoms with van der Waals surface area (Å²) in [6.07, 6.45) is -3.82. The number of amides is 1. The summed E-state index contributed by atoms with van der Waals surface area (Å²) in [6.45, 7) is 1.55. The van der Waals surface area contributed by atoms with Crippen LogP contribution < -0.4 is 5.48 Å². The number of rotatable bonds is 3. The van der Waals surface area contributed by atoms with Crippen molar-refractivity contribution in [1.82, 2.24) is 10.4 Å². The lowest BCUT2D eigenvalue weighted by Gasteiger charge is -2.13. The van der Waals surface area contributed by atoms with Gasteiger partial charge in [0.1, 0.15) is 0 Å². The van der Waals surface area contributed by atoms with Gasteiger partial charge in [-0.1, -0.05) is 6.07 Å². The largest absolute Gasteiger partial charge is 0.416 e. The molecule has 0 spiro atoms. The molecule has 0 bridgehead atoms. The van der Waals surface area contributed by atoms with Gasteiger partial charge in [-0.2, -0.15) is 13.2 Å². The summed E-state index contributed by atoms with van der Waals surface area (Å²) in [5.41, 5.74) is 1.27. The van der Waals surface area contributed by atoms with Gasteiger partial charge in [-0.25, -0.2) is 5.48 Å². The topological polar surface area (TPSA) is 41.6 Å². The predicted molar refractivity (Wildman–Crippen MR) is 65.9 cm³/mol. The highest BCUT2D eigenvalue weighted by Gasteiger charge is 2.31. The maximum Gasteiger partial charge on any atom is 0.416 e. The highest BCUT2D eigenvalue weighted by atomic mass is 19.4. The molecule has 4 nitrogen and oxygen atoms in total. The Morgan fingerprint density at radius 3 is 2.80 bits per heavy atom. The van der Waals surface area contributed by atoms with Crippen molar-refractivity contribution >= 4 is 5.91 Å². The summed E-state index contributed by atoms with van der Waals surface area (Å²) in [5, 5.41) is 0. The number of hydrogen-bond donors (Lipinski definition) is 1. The Morgan fingerprint density at radius 2 is 2.20 bits per heavy atom. The number of likely N-dealkylation sites (N-methyl/N-ethyl adjacent to an activating group) is 1. The van der Waals surface area contributed by atoms with E-state index in [2.05, 4.69) is 5.48 Å². The van der Waals surface area contributed by atoms with Crippen LogP contribution in [0.5, 0.6) is 0 Å². The number of halogens is 3. The Morgan fingerprint density at radius 1 is 1.45 bits per heavy atom. The van der Waals surface area contributed by atoms with E-state index in [0.717, 1.165) is 25.1 Å². The molecule has 0 aromatic heterocycles. The zero-order valence-electron chi connectivity index (χ0n) is 10.9. The molecule has 1 aliphatic heterocycles. The monoisotopic (exact) mass is 288 g/mol. The molecule has 1 fully saturated rings. The van der Waals surface area contributed by atoms with E-state index < -0.39 is 17.6 Å². The van der Waals surface area contributed by atoms with Crippen molar-refractivity contribution in [2.75, 3.05) is 20.1 Å². The number of alkyl halides is 3. The maximum absolute atomic E-state index is 12.5. The second kappa shape index (κ2) is 5.80. The van der Waals surface area contributed by atoms with Crippen molar-refractivity contribution in [2.45, 2.75) is 18.7 Å². The van der Waals surface area contributed by atoms with E-state index in [9.17, 15) is 18.0 Å². The summed E-state index contributed by atoms with van der Waals surface area (Å²) in [6, 6.07) is 4.23. The number of benzene rings is 1. The minimum absolute atomic E-state index is 0.0776. The minimum atomic E-state index is -4.47. The van der Waals surface area contributed by atoms with Crippen LogP contribution in [0.2, 0.25) is 0 Å². The number of nitrogens with zero attached hydrogens (tertiary/aromatic N) is 1. The smallest absolute Gasteiger partial charge is 0.304 e. The fraction of sp³-hybridized carbons (Fsp3) is 0.462. The molecule has 1 heterocycles. The number of carbonyl (C=O) groups is 1. The molecule has 1 aromatic rings. The molecule has 0 saturated carbocycles. The van der Waals surface area contributed by atoms with Crippen molar-refractivity contribution in [3.8, 4) is 0 Å². The Balaban J connectivity index is 1.95. The Kier molecular flexibility index (Phi) is 4.29. The van der Waals surface area contributed by atoms with E-state index in [1.165, 1.54) is 12.1 Å². The Hall–Kier alpha value is -1.60. The van der Waals surface area contributed by atoms with Crippen LogP contribution in [0.25, 0.3) is 0 Å². The molecule has 1 aliphatic rings. The molecule has 1 N–H and O–H groups in total. The lowest BCUT2D eigenvalue weighted by molar-refractivity contribution is -0.137. The van der Waals surface area contributed by atoms with Gasteiger partial charge in [0, 0.05) is 18.7 Å². The standard InChI is InChI=1S/C13H15F3N2O2/c1-18-6-5-11(8-18)20-17-12(19)9-3-2-4-10(7-9)13(14,15)16/h2-4,7,11H,5-6,8H2,1H3,(H,17,19)/t11-/m0/s1. The molecular weight excluding hydrogens is 273 g/mol. The number of likely N-dealkylation sites (tertiary alicyclic amines) is 1. The summed E-state index contributed by atoms with van der Waals surface area (Å²) in [4.78, 5) is 19.0. The van der Waals surface area contributed by atoms with Gasteiger partial charge >= 0.3 is 6.18 Å². The van der Waals surface area contributed by atoms with Gasteiger partial charge in [0.2, 0.25) is 0 Å². The second-order valence-electron chi connectivity index (χ2n) is 4.80. The maximum atomic E-state index is 12.5. The molecule has 1 amide bonds. The summed E-state index contributed by atoms with van der Waals surface area (Å²) in [5.74, 6) is -0.675. The SMILES string of the molecule is CN1CC[C@H](ONC(=O)c2cccc(C(F)(F)F)c2)C1. The summed E-state index contributed by atoms with van der Waals surface area (Å²) >= 11 is 0. The van der Waals surface area contributed by atoms with E-state index in [1.807, 2.05) is 11.9 Å². The van der Waals surface area contributed by atoms with Gasteiger partial charge in [-0.3, -0.25) is 9.63 Å². The van der Waals surface area contributed by atoms with Crippen LogP contribution in [-0.4, -0.2) is 37.0 Å². The fourth-order valence-corrected chi connectivity index (χ4v) is 2.02. The fourth-order valence-electron chi connectivity index (χ4n) is 2.02. The van der Waals surface area contributed by atoms with E-state index in [-0.39, 0.29) is 11.7 Å². The normalized spacial score (nSPS) is 20.1. The van der Waals surface area contributed by atoms with Crippen LogP contribution in [0.3, 0.4) is 0 Å². The highest BCUT2D eigenvalue weighted by Crippen LogP contribution is 2.29. The molecule has 20 heavy (non-hydrogen) atoms. The molecule has 2 rings (SSSR count). The molecule has 1 atom stereocenters. The summed E-state index contributed by atoms with van der Waals surface area (Å²) < 4.78 is 37.6. The first-order chi connectivity index (χ1) is 9.36. The van der Waals surface area contributed by atoms with Gasteiger partial charge in [-0.05, 0) is 31.7 Å². The van der Waals surface area contributed by atoms with Crippen LogP contribution in [0, 0.1) is 0 Å². The first-order valence-corrected chi connectivity index (χ1v) is 6.18. The number of nitrogens with one attached hydrogen (secondary N) is 1. The van der Waals surface area contributed by atoms with E-state index in [4.69, 9.17) is 4.84 Å². The molecule has 1 aromatic carbocycles. The van der Waals surface area contributed by atoms with Crippen molar-refractivity contribution in [2.24, 2.45) is 0 Å². The van der Waals surface area contributed by atoms with Gasteiger partial charge in [0.05, 0.1) is 11.7 Å². The third-order valence-corrected chi connectivity index (χ3v) is 3.12. The van der Waals surface area contributed by atoms with Gasteiger partial charge in [0.15, 0.2) is 0 Å². The van der Waals surface area contributed by atoms with Crippen LogP contribution in [0.4, 0.5) is 13.2 Å². The lowest BCUT2D eigenvalue weighted by Crippen LogP contribution is -2.31. The average Bonchev–Trinajstić information content (AvgIpc) is 2.81. The zero-order valence-corrected chi connectivity index (χ0v) is 10.9. The van der Waals surface area contributed by atoms with Crippen LogP contribution in [0.1, 0.15) is 22.3 Å². The average molecular weight is 288 g/mol. The Bertz CT molecular complexity index is 491. The first-order valence-electron chi connectivity index (χ1n) is 6.18. The lowest BCUT2D eigenvalue weighted by atomic mass is 10.1. The van der Waals surface area contributed by atoms with E-state index in [1.54, 1.807) is 0 Å². The van der Waals surface area contributed by atoms with Gasteiger partial charge < -0.3 is 4.90 Å². The molecule has 7 heteroatoms. The van der Waals surface area contributed by atoms with Gasteiger partial charge in [-0.15, -0.1) is 0 Å². The van der Waals surface area contributed by atoms with Crippen molar-refractivity contribution in [1.29, 1.82) is 0 Å². The quantitative estimate of drug-likeness (QED) is 0.866. The predicted octanol–water partition coefficient (Wildman–Crippen LogP) is 2.07. The van der Waals surface area contributed by atoms with Crippen LogP contribution >= 0.6 is 0 Å². The molecule has 1 saturated heterocycles.